The van der Waals surface area contributed by atoms with E-state index in [0.717, 1.165) is 4.88 Å². The van der Waals surface area contributed by atoms with E-state index in [9.17, 15) is 5.11 Å². The van der Waals surface area contributed by atoms with E-state index >= 15 is 0 Å². The molecule has 0 radical (unpaired) electrons. The van der Waals surface area contributed by atoms with Gasteiger partial charge in [-0.15, -0.1) is 11.3 Å². The smallest absolute Gasteiger partial charge is 0.137 e. The Balaban J connectivity index is 2.19. The summed E-state index contributed by atoms with van der Waals surface area (Å²) in [5.74, 6) is 0.680. The molecular formula is C12H13N3OS. The number of aliphatic hydroxyl groups is 1. The molecule has 2 aromatic heterocycles. The van der Waals surface area contributed by atoms with Crippen molar-refractivity contribution in [1.29, 1.82) is 5.26 Å². The van der Waals surface area contributed by atoms with Crippen molar-refractivity contribution in [1.82, 2.24) is 9.55 Å². The fraction of sp³-hybridized carbons (Fsp3) is 0.333. The maximum atomic E-state index is 9.80. The number of aliphatic hydroxyl groups excluding tert-OH is 1. The monoisotopic (exact) mass is 247 g/mol. The van der Waals surface area contributed by atoms with Gasteiger partial charge in [0.2, 0.25) is 0 Å². The zero-order valence-electron chi connectivity index (χ0n) is 9.50. The van der Waals surface area contributed by atoms with Gasteiger partial charge in [0.1, 0.15) is 22.9 Å². The summed E-state index contributed by atoms with van der Waals surface area (Å²) in [6.45, 7) is 2.57. The number of aromatic nitrogens is 2. The first-order valence-electron chi connectivity index (χ1n) is 5.42. The third kappa shape index (κ3) is 2.54. The lowest BCUT2D eigenvalue weighted by Gasteiger charge is -2.10. The highest BCUT2D eigenvalue weighted by Crippen LogP contribution is 2.20. The molecule has 0 aliphatic heterocycles. The van der Waals surface area contributed by atoms with Crippen molar-refractivity contribution in [3.63, 3.8) is 0 Å². The third-order valence-electron chi connectivity index (χ3n) is 2.53. The van der Waals surface area contributed by atoms with Gasteiger partial charge in [0.25, 0.3) is 0 Å². The quantitative estimate of drug-likeness (QED) is 0.901. The lowest BCUT2D eigenvalue weighted by Crippen LogP contribution is -2.08. The molecule has 0 unspecified atom stereocenters. The Morgan fingerprint density at radius 3 is 3.06 bits per heavy atom. The van der Waals surface area contributed by atoms with Gasteiger partial charge in [0.15, 0.2) is 0 Å². The van der Waals surface area contributed by atoms with E-state index < -0.39 is 6.10 Å². The normalized spacial score (nSPS) is 12.3. The van der Waals surface area contributed by atoms with Crippen LogP contribution in [0.15, 0.2) is 24.5 Å². The standard InChI is InChI=1S/C12H13N3OS/c1-2-11(16)12-14-5-6-15(12)8-10-4-3-9(7-13)17-10/h3-6,11,16H,2,8H2,1H3/t11-/m0/s1. The van der Waals surface area contributed by atoms with Gasteiger partial charge in [-0.1, -0.05) is 6.92 Å². The van der Waals surface area contributed by atoms with Gasteiger partial charge in [0, 0.05) is 17.3 Å². The zero-order chi connectivity index (χ0) is 12.3. The molecule has 0 aromatic carbocycles. The van der Waals surface area contributed by atoms with Crippen molar-refractivity contribution in [2.75, 3.05) is 0 Å². The average Bonchev–Trinajstić information content (AvgIpc) is 2.97. The van der Waals surface area contributed by atoms with Gasteiger partial charge in [-0.3, -0.25) is 0 Å². The number of nitrogens with zero attached hydrogens (tertiary/aromatic N) is 3. The first-order chi connectivity index (χ1) is 8.24. The van der Waals surface area contributed by atoms with Crippen molar-refractivity contribution in [3.8, 4) is 6.07 Å². The largest absolute Gasteiger partial charge is 0.385 e. The summed E-state index contributed by atoms with van der Waals surface area (Å²) in [7, 11) is 0. The van der Waals surface area contributed by atoms with Crippen LogP contribution in [-0.2, 0) is 6.54 Å². The summed E-state index contributed by atoms with van der Waals surface area (Å²) in [4.78, 5) is 5.96. The molecule has 2 rings (SSSR count). The second kappa shape index (κ2) is 5.13. The molecule has 0 fully saturated rings. The first kappa shape index (κ1) is 11.8. The van der Waals surface area contributed by atoms with Crippen LogP contribution >= 0.6 is 11.3 Å². The van der Waals surface area contributed by atoms with E-state index in [1.54, 1.807) is 6.20 Å². The topological polar surface area (TPSA) is 61.8 Å². The Morgan fingerprint density at radius 2 is 2.41 bits per heavy atom. The number of hydrogen-bond donors (Lipinski definition) is 1. The highest BCUT2D eigenvalue weighted by atomic mass is 32.1. The number of rotatable bonds is 4. The Hall–Kier alpha value is -1.64. The molecule has 17 heavy (non-hydrogen) atoms. The molecule has 0 amide bonds. The molecule has 2 aromatic rings. The van der Waals surface area contributed by atoms with Crippen molar-refractivity contribution < 1.29 is 5.11 Å². The Morgan fingerprint density at radius 1 is 1.59 bits per heavy atom. The minimum atomic E-state index is -0.527. The van der Waals surface area contributed by atoms with E-state index in [2.05, 4.69) is 11.1 Å². The van der Waals surface area contributed by atoms with Crippen LogP contribution in [0.25, 0.3) is 0 Å². The third-order valence-corrected chi connectivity index (χ3v) is 3.51. The molecule has 1 atom stereocenters. The van der Waals surface area contributed by atoms with Crippen molar-refractivity contribution in [2.45, 2.75) is 26.0 Å². The molecule has 0 bridgehead atoms. The summed E-state index contributed by atoms with van der Waals surface area (Å²) < 4.78 is 1.92. The van der Waals surface area contributed by atoms with Gasteiger partial charge >= 0.3 is 0 Å². The van der Waals surface area contributed by atoms with E-state index in [1.165, 1.54) is 11.3 Å². The van der Waals surface area contributed by atoms with Crippen LogP contribution in [-0.4, -0.2) is 14.7 Å². The molecule has 5 heteroatoms. The second-order valence-corrected chi connectivity index (χ2v) is 4.88. The molecule has 2 heterocycles. The summed E-state index contributed by atoms with van der Waals surface area (Å²) in [5, 5.41) is 18.6. The van der Waals surface area contributed by atoms with E-state index in [0.29, 0.717) is 23.7 Å². The fourth-order valence-electron chi connectivity index (χ4n) is 1.63. The van der Waals surface area contributed by atoms with Crippen LogP contribution in [0.5, 0.6) is 0 Å². The van der Waals surface area contributed by atoms with Gasteiger partial charge in [-0.25, -0.2) is 4.98 Å². The second-order valence-electron chi connectivity index (χ2n) is 3.72. The highest BCUT2D eigenvalue weighted by molar-refractivity contribution is 7.12. The molecule has 0 aliphatic carbocycles. The minimum absolute atomic E-state index is 0.527. The molecule has 0 spiro atoms. The summed E-state index contributed by atoms with van der Waals surface area (Å²) in [6, 6.07) is 5.87. The summed E-state index contributed by atoms with van der Waals surface area (Å²) in [5.41, 5.74) is 0. The predicted molar refractivity (Wildman–Crippen MR) is 65.6 cm³/mol. The van der Waals surface area contributed by atoms with Gasteiger partial charge < -0.3 is 9.67 Å². The minimum Gasteiger partial charge on any atom is -0.385 e. The molecule has 0 saturated carbocycles. The van der Waals surface area contributed by atoms with E-state index in [4.69, 9.17) is 5.26 Å². The molecule has 0 aliphatic rings. The Bertz CT molecular complexity index is 538. The number of thiophene rings is 1. The number of hydrogen-bond acceptors (Lipinski definition) is 4. The predicted octanol–water partition coefficient (Wildman–Crippen LogP) is 2.31. The zero-order valence-corrected chi connectivity index (χ0v) is 10.3. The van der Waals surface area contributed by atoms with Crippen LogP contribution in [0.3, 0.4) is 0 Å². The van der Waals surface area contributed by atoms with E-state index in [-0.39, 0.29) is 0 Å². The van der Waals surface area contributed by atoms with Gasteiger partial charge in [-0.2, -0.15) is 5.26 Å². The molecule has 0 saturated heterocycles. The van der Waals surface area contributed by atoms with Gasteiger partial charge in [0.05, 0.1) is 6.54 Å². The van der Waals surface area contributed by atoms with Gasteiger partial charge in [-0.05, 0) is 18.6 Å². The SMILES string of the molecule is CC[C@H](O)c1nccn1Cc1ccc(C#N)s1. The first-order valence-corrected chi connectivity index (χ1v) is 6.24. The Labute approximate surface area is 104 Å². The maximum absolute atomic E-state index is 9.80. The average molecular weight is 247 g/mol. The molecular weight excluding hydrogens is 234 g/mol. The lowest BCUT2D eigenvalue weighted by molar-refractivity contribution is 0.159. The lowest BCUT2D eigenvalue weighted by atomic mass is 10.2. The Kier molecular flexibility index (Phi) is 3.57. The maximum Gasteiger partial charge on any atom is 0.137 e. The van der Waals surface area contributed by atoms with Crippen LogP contribution in [0.4, 0.5) is 0 Å². The molecule has 4 nitrogen and oxygen atoms in total. The number of imidazole rings is 1. The van der Waals surface area contributed by atoms with E-state index in [1.807, 2.05) is 29.8 Å². The van der Waals surface area contributed by atoms with Crippen LogP contribution in [0, 0.1) is 11.3 Å². The van der Waals surface area contributed by atoms with Crippen LogP contribution < -0.4 is 0 Å². The highest BCUT2D eigenvalue weighted by Gasteiger charge is 2.12. The van der Waals surface area contributed by atoms with Crippen LogP contribution in [0.1, 0.15) is 35.0 Å². The van der Waals surface area contributed by atoms with Crippen molar-refractivity contribution in [3.05, 3.63) is 40.1 Å². The van der Waals surface area contributed by atoms with Crippen molar-refractivity contribution >= 4 is 11.3 Å². The fourth-order valence-corrected chi connectivity index (χ4v) is 2.43. The molecule has 88 valence electrons. The summed E-state index contributed by atoms with van der Waals surface area (Å²) in [6.07, 6.45) is 3.65. The molecule has 1 N–H and O–H groups in total. The van der Waals surface area contributed by atoms with Crippen molar-refractivity contribution in [2.24, 2.45) is 0 Å². The van der Waals surface area contributed by atoms with Crippen LogP contribution in [0.2, 0.25) is 0 Å². The number of nitriles is 1. The summed E-state index contributed by atoms with van der Waals surface area (Å²) >= 11 is 1.47.